The van der Waals surface area contributed by atoms with Crippen LogP contribution in [0.2, 0.25) is 0 Å². The number of hydrogen-bond donors (Lipinski definition) is 3. The fraction of sp³-hybridized carbons (Fsp3) is 0.444. The van der Waals surface area contributed by atoms with Gasteiger partial charge >= 0.3 is 12.2 Å². The maximum Gasteiger partial charge on any atom is 0.410 e. The highest BCUT2D eigenvalue weighted by atomic mass is 16.6. The number of H-pyrrole nitrogens is 2. The van der Waals surface area contributed by atoms with E-state index in [2.05, 4.69) is 73.8 Å². The van der Waals surface area contributed by atoms with Crippen molar-refractivity contribution in [1.29, 1.82) is 0 Å². The van der Waals surface area contributed by atoms with Crippen LogP contribution < -0.4 is 5.32 Å². The Morgan fingerprint density at radius 1 is 0.804 bits per heavy atom. The Morgan fingerprint density at radius 2 is 1.33 bits per heavy atom. The highest BCUT2D eigenvalue weighted by Gasteiger charge is 2.35. The van der Waals surface area contributed by atoms with Crippen molar-refractivity contribution >= 4 is 12.2 Å². The number of hydrogen-bond acceptors (Lipinski definition) is 6. The smallest absolute Gasteiger partial charge is 0.410 e. The van der Waals surface area contributed by atoms with Gasteiger partial charge in [-0.15, -0.1) is 0 Å². The van der Waals surface area contributed by atoms with Crippen molar-refractivity contribution in [3.05, 3.63) is 72.6 Å². The number of carbonyl (C=O) groups excluding carboxylic acids is 2. The lowest BCUT2D eigenvalue weighted by atomic mass is 10.0. The first-order valence-electron chi connectivity index (χ1n) is 16.0. The minimum Gasteiger partial charge on any atom is -0.444 e. The molecule has 1 aliphatic heterocycles. The molecule has 46 heavy (non-hydrogen) atoms. The van der Waals surface area contributed by atoms with E-state index in [4.69, 9.17) is 9.47 Å². The summed E-state index contributed by atoms with van der Waals surface area (Å²) in [4.78, 5) is 43.0. The molecule has 244 valence electrons. The molecule has 2 atom stereocenters. The van der Waals surface area contributed by atoms with Crippen molar-refractivity contribution in [2.24, 2.45) is 5.92 Å². The Bertz CT molecular complexity index is 1560. The van der Waals surface area contributed by atoms with E-state index in [1.54, 1.807) is 11.1 Å². The van der Waals surface area contributed by atoms with Crippen LogP contribution in [0, 0.1) is 5.92 Å². The molecule has 1 saturated heterocycles. The van der Waals surface area contributed by atoms with E-state index in [-0.39, 0.29) is 24.1 Å². The Balaban J connectivity index is 1.25. The van der Waals surface area contributed by atoms with Gasteiger partial charge in [-0.3, -0.25) is 4.90 Å². The molecule has 2 aromatic carbocycles. The van der Waals surface area contributed by atoms with Gasteiger partial charge in [-0.25, -0.2) is 19.6 Å². The molecular weight excluding hydrogens is 580 g/mol. The van der Waals surface area contributed by atoms with Gasteiger partial charge in [-0.05, 0) is 82.6 Å². The first-order chi connectivity index (χ1) is 21.7. The number of nitrogens with one attached hydrogen (secondary N) is 3. The van der Waals surface area contributed by atoms with E-state index in [9.17, 15) is 9.59 Å². The minimum absolute atomic E-state index is 0.111. The zero-order chi connectivity index (χ0) is 33.2. The zero-order valence-corrected chi connectivity index (χ0v) is 28.1. The highest BCUT2D eigenvalue weighted by Crippen LogP contribution is 2.33. The maximum absolute atomic E-state index is 12.8. The second-order valence-electron chi connectivity index (χ2n) is 14.2. The molecule has 3 N–H and O–H groups in total. The number of amides is 2. The van der Waals surface area contributed by atoms with Crippen LogP contribution in [0.3, 0.4) is 0 Å². The lowest BCUT2D eigenvalue weighted by Gasteiger charge is -2.27. The summed E-state index contributed by atoms with van der Waals surface area (Å²) in [5, 5.41) is 2.95. The van der Waals surface area contributed by atoms with Crippen molar-refractivity contribution in [3.8, 4) is 33.6 Å². The second-order valence-corrected chi connectivity index (χ2v) is 14.2. The quantitative estimate of drug-likeness (QED) is 0.189. The van der Waals surface area contributed by atoms with Gasteiger partial charge in [-0.2, -0.15) is 0 Å². The topological polar surface area (TPSA) is 125 Å². The second kappa shape index (κ2) is 13.0. The molecule has 0 saturated carbocycles. The third kappa shape index (κ3) is 7.97. The fourth-order valence-corrected chi connectivity index (χ4v) is 5.55. The summed E-state index contributed by atoms with van der Waals surface area (Å²) < 4.78 is 11.1. The number of rotatable bonds is 7. The van der Waals surface area contributed by atoms with Gasteiger partial charge in [0.25, 0.3) is 0 Å². The van der Waals surface area contributed by atoms with Gasteiger partial charge in [0.2, 0.25) is 0 Å². The summed E-state index contributed by atoms with van der Waals surface area (Å²) >= 11 is 0. The molecule has 1 fully saturated rings. The standard InChI is InChI=1S/C36H46N6O4/c1-22(2)30(41-33(43)45-35(3,4)5)32-38-21-28(40-32)26-17-13-24(14-18-26)23-11-15-25(16-12-23)27-20-37-31(39-27)29-10-9-19-42(29)34(44)46-36(6,7)8/h11-18,20-22,29-30H,9-10,19H2,1-8H3,(H,37,39)(H,38,40)(H,41,43)/t29-,30-/m0/s1. The molecule has 0 radical (unpaired) electrons. The number of nitrogens with zero attached hydrogens (tertiary/aromatic N) is 3. The lowest BCUT2D eigenvalue weighted by molar-refractivity contribution is 0.0218. The Hall–Kier alpha value is -4.60. The molecule has 3 heterocycles. The van der Waals surface area contributed by atoms with Crippen molar-refractivity contribution in [3.63, 3.8) is 0 Å². The number of imidazole rings is 2. The molecule has 4 aromatic rings. The van der Waals surface area contributed by atoms with Gasteiger partial charge in [-0.1, -0.05) is 62.4 Å². The number of benzene rings is 2. The Kier molecular flexibility index (Phi) is 9.28. The Labute approximate surface area is 271 Å². The summed E-state index contributed by atoms with van der Waals surface area (Å²) in [5.41, 5.74) is 4.86. The van der Waals surface area contributed by atoms with Crippen molar-refractivity contribution in [2.45, 2.75) is 91.5 Å². The number of aromatic amines is 2. The summed E-state index contributed by atoms with van der Waals surface area (Å²) in [7, 11) is 0. The van der Waals surface area contributed by atoms with Crippen LogP contribution in [0.1, 0.15) is 92.0 Å². The molecule has 10 nitrogen and oxygen atoms in total. The molecule has 0 bridgehead atoms. The van der Waals surface area contributed by atoms with E-state index in [0.29, 0.717) is 12.4 Å². The Morgan fingerprint density at radius 3 is 1.87 bits per heavy atom. The van der Waals surface area contributed by atoms with Crippen LogP contribution in [-0.4, -0.2) is 54.8 Å². The average Bonchev–Trinajstić information content (AvgIpc) is 3.75. The molecule has 2 amide bonds. The monoisotopic (exact) mass is 626 g/mol. The van der Waals surface area contributed by atoms with E-state index < -0.39 is 17.3 Å². The first kappa shape index (κ1) is 32.8. The molecule has 0 unspecified atom stereocenters. The van der Waals surface area contributed by atoms with Gasteiger partial charge in [0.15, 0.2) is 0 Å². The summed E-state index contributed by atoms with van der Waals surface area (Å²) in [6, 6.07) is 16.2. The van der Waals surface area contributed by atoms with Crippen LogP contribution in [0.4, 0.5) is 9.59 Å². The fourth-order valence-electron chi connectivity index (χ4n) is 5.55. The zero-order valence-electron chi connectivity index (χ0n) is 28.1. The molecular formula is C36H46N6O4. The third-order valence-electron chi connectivity index (χ3n) is 7.75. The van der Waals surface area contributed by atoms with Crippen LogP contribution in [0.15, 0.2) is 60.9 Å². The average molecular weight is 627 g/mol. The van der Waals surface area contributed by atoms with Gasteiger partial charge in [0.05, 0.1) is 35.9 Å². The van der Waals surface area contributed by atoms with Crippen LogP contribution in [-0.2, 0) is 9.47 Å². The van der Waals surface area contributed by atoms with E-state index >= 15 is 0 Å². The first-order valence-corrected chi connectivity index (χ1v) is 16.0. The van der Waals surface area contributed by atoms with E-state index in [0.717, 1.165) is 52.3 Å². The van der Waals surface area contributed by atoms with Crippen LogP contribution >= 0.6 is 0 Å². The molecule has 0 spiro atoms. The maximum atomic E-state index is 12.8. The molecule has 0 aliphatic carbocycles. The van der Waals surface area contributed by atoms with Crippen molar-refractivity contribution in [1.82, 2.24) is 30.2 Å². The minimum atomic E-state index is -0.577. The van der Waals surface area contributed by atoms with Gasteiger partial charge in [0.1, 0.15) is 22.9 Å². The lowest BCUT2D eigenvalue weighted by Crippen LogP contribution is -2.37. The van der Waals surface area contributed by atoms with Gasteiger partial charge in [0, 0.05) is 6.54 Å². The SMILES string of the molecule is CC(C)[C@H](NC(=O)OC(C)(C)C)c1ncc(-c2ccc(-c3ccc(-c4cnc([C@@H]5CCCN5C(=O)OC(C)(C)C)[nH]4)cc3)cc2)[nH]1. The van der Waals surface area contributed by atoms with Gasteiger partial charge < -0.3 is 24.8 Å². The number of ether oxygens (including phenoxy) is 2. The van der Waals surface area contributed by atoms with Crippen LogP contribution in [0.25, 0.3) is 33.6 Å². The van der Waals surface area contributed by atoms with E-state index in [1.807, 2.05) is 61.6 Å². The third-order valence-corrected chi connectivity index (χ3v) is 7.75. The highest BCUT2D eigenvalue weighted by molar-refractivity contribution is 5.72. The van der Waals surface area contributed by atoms with Crippen molar-refractivity contribution < 1.29 is 19.1 Å². The molecule has 5 rings (SSSR count). The summed E-state index contributed by atoms with van der Waals surface area (Å²) in [5.74, 6) is 1.57. The number of carbonyl (C=O) groups is 2. The summed E-state index contributed by atoms with van der Waals surface area (Å²) in [6.45, 7) is 15.9. The predicted octanol–water partition coefficient (Wildman–Crippen LogP) is 8.43. The number of aromatic nitrogens is 4. The molecule has 2 aromatic heterocycles. The van der Waals surface area contributed by atoms with E-state index in [1.165, 1.54) is 0 Å². The summed E-state index contributed by atoms with van der Waals surface area (Å²) in [6.07, 6.45) is 4.62. The normalized spacial score (nSPS) is 16.0. The molecule has 1 aliphatic rings. The molecule has 10 heteroatoms. The van der Waals surface area contributed by atoms with Crippen molar-refractivity contribution in [2.75, 3.05) is 6.54 Å². The largest absolute Gasteiger partial charge is 0.444 e. The predicted molar refractivity (Wildman–Crippen MR) is 179 cm³/mol. The van der Waals surface area contributed by atoms with Crippen LogP contribution in [0.5, 0.6) is 0 Å². The number of likely N-dealkylation sites (tertiary alicyclic amines) is 1. The number of alkyl carbamates (subject to hydrolysis) is 1.